The molecule has 1 aromatic carbocycles. The van der Waals surface area contributed by atoms with Crippen molar-refractivity contribution >= 4 is 23.0 Å². The van der Waals surface area contributed by atoms with Crippen LogP contribution in [0, 0.1) is 5.92 Å². The van der Waals surface area contributed by atoms with Crippen molar-refractivity contribution in [3.8, 4) is 0 Å². The van der Waals surface area contributed by atoms with Crippen molar-refractivity contribution in [2.45, 2.75) is 51.9 Å². The smallest absolute Gasteiger partial charge is 0.266 e. The lowest BCUT2D eigenvalue weighted by molar-refractivity contribution is 0.0958. The van der Waals surface area contributed by atoms with E-state index in [1.807, 2.05) is 0 Å². The monoisotopic (exact) mass is 352 g/mol. The Bertz CT molecular complexity index is 821. The lowest BCUT2D eigenvalue weighted by Crippen LogP contribution is -2.19. The predicted molar refractivity (Wildman–Crippen MR) is 104 cm³/mol. The topological polar surface area (TPSA) is 41.5 Å². The first-order valence-electron chi connectivity index (χ1n) is 9.27. The molecule has 0 radical (unpaired) electrons. The molecule has 130 valence electrons. The van der Waals surface area contributed by atoms with Gasteiger partial charge in [0.15, 0.2) is 0 Å². The number of hydrogen-bond donors (Lipinski definition) is 1. The number of thiophene rings is 1. The van der Waals surface area contributed by atoms with Gasteiger partial charge >= 0.3 is 0 Å². The first kappa shape index (κ1) is 16.5. The van der Waals surface area contributed by atoms with Crippen LogP contribution in [-0.2, 0) is 19.3 Å². The number of carbonyl (C=O) groups excluding carboxylic acids is 1. The molecule has 1 aromatic heterocycles. The van der Waals surface area contributed by atoms with Crippen LogP contribution in [0.1, 0.15) is 63.8 Å². The van der Waals surface area contributed by atoms with Crippen LogP contribution in [-0.4, -0.2) is 11.6 Å². The number of rotatable bonds is 2. The molecule has 0 saturated heterocycles. The highest BCUT2D eigenvalue weighted by Crippen LogP contribution is 2.32. The Balaban J connectivity index is 1.53. The maximum Gasteiger partial charge on any atom is 0.281 e. The highest BCUT2D eigenvalue weighted by atomic mass is 32.1. The van der Waals surface area contributed by atoms with Gasteiger partial charge in [0.2, 0.25) is 0 Å². The second-order valence-corrected chi connectivity index (χ2v) is 8.41. The molecule has 0 fully saturated rings. The minimum atomic E-state index is -0.0683. The summed E-state index contributed by atoms with van der Waals surface area (Å²) in [5, 5.41) is 4.51. The summed E-state index contributed by atoms with van der Waals surface area (Å²) in [5.74, 6) is 0.655. The van der Waals surface area contributed by atoms with E-state index in [9.17, 15) is 4.79 Å². The van der Waals surface area contributed by atoms with Gasteiger partial charge in [0.1, 0.15) is 0 Å². The van der Waals surface area contributed by atoms with E-state index in [1.165, 1.54) is 34.4 Å². The van der Waals surface area contributed by atoms with Gasteiger partial charge < -0.3 is 0 Å². The summed E-state index contributed by atoms with van der Waals surface area (Å²) in [6, 6.07) is 10.5. The molecule has 4 heteroatoms. The molecule has 1 heterocycles. The summed E-state index contributed by atoms with van der Waals surface area (Å²) in [7, 11) is 0. The van der Waals surface area contributed by atoms with Gasteiger partial charge in [-0.3, -0.25) is 4.79 Å². The maximum atomic E-state index is 12.6. The van der Waals surface area contributed by atoms with Crippen molar-refractivity contribution in [2.75, 3.05) is 0 Å². The minimum Gasteiger partial charge on any atom is -0.266 e. The van der Waals surface area contributed by atoms with Crippen molar-refractivity contribution in [3.05, 3.63) is 56.8 Å². The van der Waals surface area contributed by atoms with Gasteiger partial charge in [-0.1, -0.05) is 31.2 Å². The van der Waals surface area contributed by atoms with Crippen LogP contribution in [0.3, 0.4) is 0 Å². The molecule has 2 aliphatic carbocycles. The van der Waals surface area contributed by atoms with E-state index >= 15 is 0 Å². The first-order chi connectivity index (χ1) is 12.2. The SMILES string of the molecule is CC1CCc2sc(C(=O)NN=C3CCCCc4ccccc43)cc2C1. The van der Waals surface area contributed by atoms with Crippen LogP contribution >= 0.6 is 11.3 Å². The molecule has 0 saturated carbocycles. The summed E-state index contributed by atoms with van der Waals surface area (Å²) < 4.78 is 0. The molecule has 0 aliphatic heterocycles. The minimum absolute atomic E-state index is 0.0683. The number of amides is 1. The first-order valence-corrected chi connectivity index (χ1v) is 10.1. The number of hydrazone groups is 1. The molecule has 0 spiro atoms. The van der Waals surface area contributed by atoms with Crippen molar-refractivity contribution < 1.29 is 4.79 Å². The Kier molecular flexibility index (Phi) is 4.71. The van der Waals surface area contributed by atoms with E-state index in [0.717, 1.165) is 48.6 Å². The average Bonchev–Trinajstić information content (AvgIpc) is 2.93. The summed E-state index contributed by atoms with van der Waals surface area (Å²) in [5.41, 5.74) is 7.73. The summed E-state index contributed by atoms with van der Waals surface area (Å²) in [4.78, 5) is 14.8. The molecule has 2 aromatic rings. The fourth-order valence-electron chi connectivity index (χ4n) is 3.87. The predicted octanol–water partition coefficient (Wildman–Crippen LogP) is 4.73. The molecule has 25 heavy (non-hydrogen) atoms. The molecule has 1 unspecified atom stereocenters. The van der Waals surface area contributed by atoms with Crippen molar-refractivity contribution in [2.24, 2.45) is 11.0 Å². The summed E-state index contributed by atoms with van der Waals surface area (Å²) in [6.07, 6.45) is 7.76. The lowest BCUT2D eigenvalue weighted by atomic mass is 9.90. The lowest BCUT2D eigenvalue weighted by Gasteiger charge is -2.16. The zero-order valence-electron chi connectivity index (χ0n) is 14.7. The fraction of sp³-hybridized carbons (Fsp3) is 0.429. The Labute approximate surface area is 153 Å². The van der Waals surface area contributed by atoms with E-state index < -0.39 is 0 Å². The standard InChI is InChI=1S/C21H24N2OS/c1-14-10-11-19-16(12-14)13-20(25-19)21(24)23-22-18-9-5-3-7-15-6-2-4-8-17(15)18/h2,4,6,8,13-14H,3,5,7,9-12H2,1H3,(H,23,24). The number of nitrogens with one attached hydrogen (secondary N) is 1. The Morgan fingerprint density at radius 1 is 1.16 bits per heavy atom. The Morgan fingerprint density at radius 3 is 2.92 bits per heavy atom. The van der Waals surface area contributed by atoms with Crippen molar-refractivity contribution in [1.82, 2.24) is 5.43 Å². The third-order valence-electron chi connectivity index (χ3n) is 5.28. The van der Waals surface area contributed by atoms with Crippen molar-refractivity contribution in [3.63, 3.8) is 0 Å². The number of fused-ring (bicyclic) bond motifs is 2. The third kappa shape index (κ3) is 3.54. The van der Waals surface area contributed by atoms with Crippen LogP contribution in [0.2, 0.25) is 0 Å². The largest absolute Gasteiger partial charge is 0.281 e. The highest BCUT2D eigenvalue weighted by Gasteiger charge is 2.21. The van der Waals surface area contributed by atoms with Crippen LogP contribution in [0.15, 0.2) is 35.4 Å². The van der Waals surface area contributed by atoms with Gasteiger partial charge in [0.05, 0.1) is 10.6 Å². The van der Waals surface area contributed by atoms with Gasteiger partial charge in [-0.15, -0.1) is 11.3 Å². The van der Waals surface area contributed by atoms with E-state index in [4.69, 9.17) is 0 Å². The molecular weight excluding hydrogens is 328 g/mol. The molecule has 1 amide bonds. The van der Waals surface area contributed by atoms with E-state index in [2.05, 4.69) is 47.8 Å². The Morgan fingerprint density at radius 2 is 2.00 bits per heavy atom. The zero-order valence-corrected chi connectivity index (χ0v) is 15.5. The maximum absolute atomic E-state index is 12.6. The van der Waals surface area contributed by atoms with Crippen LogP contribution < -0.4 is 5.43 Å². The van der Waals surface area contributed by atoms with Gasteiger partial charge in [0, 0.05) is 10.4 Å². The van der Waals surface area contributed by atoms with E-state index in [-0.39, 0.29) is 5.91 Å². The number of carbonyl (C=O) groups is 1. The molecule has 3 nitrogen and oxygen atoms in total. The summed E-state index contributed by atoms with van der Waals surface area (Å²) in [6.45, 7) is 2.29. The number of aryl methyl sites for hydroxylation is 2. The quantitative estimate of drug-likeness (QED) is 0.616. The van der Waals surface area contributed by atoms with Crippen LogP contribution in [0.25, 0.3) is 0 Å². The molecule has 0 bridgehead atoms. The van der Waals surface area contributed by atoms with Gasteiger partial charge in [-0.05, 0) is 68.1 Å². The second-order valence-electron chi connectivity index (χ2n) is 7.27. The summed E-state index contributed by atoms with van der Waals surface area (Å²) >= 11 is 1.64. The molecule has 4 rings (SSSR count). The zero-order chi connectivity index (χ0) is 17.2. The van der Waals surface area contributed by atoms with Gasteiger partial charge in [0.25, 0.3) is 5.91 Å². The number of nitrogens with zero attached hydrogens (tertiary/aromatic N) is 1. The molecular formula is C21H24N2OS. The molecule has 1 N–H and O–H groups in total. The Hall–Kier alpha value is -1.94. The highest BCUT2D eigenvalue weighted by molar-refractivity contribution is 7.14. The van der Waals surface area contributed by atoms with Gasteiger partial charge in [-0.2, -0.15) is 5.10 Å². The van der Waals surface area contributed by atoms with Crippen LogP contribution in [0.5, 0.6) is 0 Å². The average molecular weight is 353 g/mol. The van der Waals surface area contributed by atoms with E-state index in [1.54, 1.807) is 11.3 Å². The molecule has 2 aliphatic rings. The molecule has 1 atom stereocenters. The fourth-order valence-corrected chi connectivity index (χ4v) is 4.97. The normalized spacial score (nSPS) is 21.3. The van der Waals surface area contributed by atoms with E-state index in [0.29, 0.717) is 0 Å². The van der Waals surface area contributed by atoms with Crippen molar-refractivity contribution in [1.29, 1.82) is 0 Å². The number of benzene rings is 1. The second kappa shape index (κ2) is 7.12. The third-order valence-corrected chi connectivity index (χ3v) is 6.52. The van der Waals surface area contributed by atoms with Gasteiger partial charge in [-0.25, -0.2) is 5.43 Å². The number of hydrogen-bond acceptors (Lipinski definition) is 3. The van der Waals surface area contributed by atoms with Crippen LogP contribution in [0.4, 0.5) is 0 Å².